The molecule has 2 amide bonds. The molecule has 1 aromatic carbocycles. The van der Waals surface area contributed by atoms with Crippen molar-refractivity contribution in [1.82, 2.24) is 25.2 Å². The number of aryl methyl sites for hydroxylation is 1. The molecule has 1 aromatic heterocycles. The summed E-state index contributed by atoms with van der Waals surface area (Å²) in [5.41, 5.74) is 1.43. The lowest BCUT2D eigenvalue weighted by Crippen LogP contribution is -2.41. The van der Waals surface area contributed by atoms with Gasteiger partial charge in [0, 0.05) is 26.7 Å². The normalized spacial score (nSPS) is 14.6. The SMILES string of the molecule is COCCNC(=O)c1cn(C2CCN(C(=O)COc3ccc(C)cc3)CC2)nn1. The van der Waals surface area contributed by atoms with Crippen LogP contribution in [-0.2, 0) is 9.53 Å². The van der Waals surface area contributed by atoms with Crippen molar-refractivity contribution in [2.75, 3.05) is 40.0 Å². The van der Waals surface area contributed by atoms with Gasteiger partial charge in [-0.15, -0.1) is 5.10 Å². The molecule has 9 nitrogen and oxygen atoms in total. The first-order valence-electron chi connectivity index (χ1n) is 9.73. The highest BCUT2D eigenvalue weighted by molar-refractivity contribution is 5.91. The van der Waals surface area contributed by atoms with Crippen LogP contribution in [0.25, 0.3) is 0 Å². The van der Waals surface area contributed by atoms with Crippen molar-refractivity contribution in [1.29, 1.82) is 0 Å². The zero-order valence-corrected chi connectivity index (χ0v) is 16.8. The van der Waals surface area contributed by atoms with E-state index in [9.17, 15) is 9.59 Å². The number of ether oxygens (including phenoxy) is 2. The van der Waals surface area contributed by atoms with E-state index in [-0.39, 0.29) is 30.2 Å². The van der Waals surface area contributed by atoms with Crippen LogP contribution in [0.2, 0.25) is 0 Å². The summed E-state index contributed by atoms with van der Waals surface area (Å²) in [5.74, 6) is 0.396. The quantitative estimate of drug-likeness (QED) is 0.668. The Bertz CT molecular complexity index is 813. The van der Waals surface area contributed by atoms with Crippen LogP contribution >= 0.6 is 0 Å². The largest absolute Gasteiger partial charge is 0.484 e. The third-order valence-corrected chi connectivity index (χ3v) is 4.91. The van der Waals surface area contributed by atoms with Crippen LogP contribution in [0.1, 0.15) is 34.9 Å². The minimum absolute atomic E-state index is 0.0270. The number of piperidine rings is 1. The maximum atomic E-state index is 12.4. The predicted molar refractivity (Wildman–Crippen MR) is 106 cm³/mol. The number of carbonyl (C=O) groups is 2. The molecule has 0 radical (unpaired) electrons. The summed E-state index contributed by atoms with van der Waals surface area (Å²) in [4.78, 5) is 26.2. The topological polar surface area (TPSA) is 98.6 Å². The van der Waals surface area contributed by atoms with E-state index >= 15 is 0 Å². The van der Waals surface area contributed by atoms with Crippen molar-refractivity contribution < 1.29 is 19.1 Å². The number of hydrogen-bond donors (Lipinski definition) is 1. The van der Waals surface area contributed by atoms with E-state index in [1.165, 1.54) is 0 Å². The summed E-state index contributed by atoms with van der Waals surface area (Å²) < 4.78 is 12.2. The van der Waals surface area contributed by atoms with Gasteiger partial charge >= 0.3 is 0 Å². The summed E-state index contributed by atoms with van der Waals surface area (Å²) in [5, 5.41) is 10.8. The van der Waals surface area contributed by atoms with Crippen molar-refractivity contribution in [2.24, 2.45) is 0 Å². The molecule has 3 rings (SSSR count). The Morgan fingerprint density at radius 1 is 1.21 bits per heavy atom. The molecule has 0 unspecified atom stereocenters. The van der Waals surface area contributed by atoms with Crippen molar-refractivity contribution in [2.45, 2.75) is 25.8 Å². The minimum atomic E-state index is -0.269. The van der Waals surface area contributed by atoms with Gasteiger partial charge in [-0.05, 0) is 31.9 Å². The molecule has 156 valence electrons. The Hall–Kier alpha value is -2.94. The van der Waals surface area contributed by atoms with Crippen LogP contribution in [0, 0.1) is 6.92 Å². The highest BCUT2D eigenvalue weighted by Gasteiger charge is 2.25. The van der Waals surface area contributed by atoms with Crippen LogP contribution in [0.5, 0.6) is 5.75 Å². The molecule has 1 aliphatic rings. The molecule has 2 aromatic rings. The Kier molecular flexibility index (Phi) is 7.18. The first kappa shape index (κ1) is 20.8. The molecule has 0 spiro atoms. The number of amides is 2. The highest BCUT2D eigenvalue weighted by atomic mass is 16.5. The molecule has 0 bridgehead atoms. The summed E-state index contributed by atoms with van der Waals surface area (Å²) in [6.45, 7) is 4.15. The molecule has 9 heteroatoms. The summed E-state index contributed by atoms with van der Waals surface area (Å²) >= 11 is 0. The summed E-state index contributed by atoms with van der Waals surface area (Å²) in [6.07, 6.45) is 3.17. The lowest BCUT2D eigenvalue weighted by Gasteiger charge is -2.31. The van der Waals surface area contributed by atoms with E-state index in [2.05, 4.69) is 15.6 Å². The van der Waals surface area contributed by atoms with Gasteiger partial charge in [0.05, 0.1) is 18.8 Å². The Morgan fingerprint density at radius 2 is 1.93 bits per heavy atom. The monoisotopic (exact) mass is 401 g/mol. The van der Waals surface area contributed by atoms with E-state index in [0.29, 0.717) is 32.0 Å². The maximum absolute atomic E-state index is 12.4. The number of carbonyl (C=O) groups excluding carboxylic acids is 2. The van der Waals surface area contributed by atoms with E-state index in [4.69, 9.17) is 9.47 Å². The molecular formula is C20H27N5O4. The summed E-state index contributed by atoms with van der Waals surface area (Å²) in [7, 11) is 1.58. The zero-order valence-electron chi connectivity index (χ0n) is 16.8. The van der Waals surface area contributed by atoms with Gasteiger partial charge < -0.3 is 19.7 Å². The van der Waals surface area contributed by atoms with E-state index in [1.54, 1.807) is 22.9 Å². The Labute approximate surface area is 170 Å². The van der Waals surface area contributed by atoms with Crippen LogP contribution in [0.3, 0.4) is 0 Å². The second kappa shape index (κ2) is 10.0. The molecule has 29 heavy (non-hydrogen) atoms. The number of methoxy groups -OCH3 is 1. The number of hydrogen-bond acceptors (Lipinski definition) is 6. The number of nitrogens with one attached hydrogen (secondary N) is 1. The number of rotatable bonds is 8. The predicted octanol–water partition coefficient (Wildman–Crippen LogP) is 1.21. The zero-order chi connectivity index (χ0) is 20.6. The van der Waals surface area contributed by atoms with Gasteiger partial charge in [-0.3, -0.25) is 9.59 Å². The number of nitrogens with zero attached hydrogens (tertiary/aromatic N) is 4. The van der Waals surface area contributed by atoms with Crippen LogP contribution in [0.4, 0.5) is 0 Å². The van der Waals surface area contributed by atoms with Crippen molar-refractivity contribution in [3.63, 3.8) is 0 Å². The molecule has 0 atom stereocenters. The third kappa shape index (κ3) is 5.77. The van der Waals surface area contributed by atoms with Gasteiger partial charge in [-0.1, -0.05) is 22.9 Å². The molecule has 0 aliphatic carbocycles. The van der Waals surface area contributed by atoms with Gasteiger partial charge in [0.15, 0.2) is 12.3 Å². The fourth-order valence-electron chi connectivity index (χ4n) is 3.17. The average molecular weight is 401 g/mol. The van der Waals surface area contributed by atoms with Crippen LogP contribution in [0.15, 0.2) is 30.5 Å². The third-order valence-electron chi connectivity index (χ3n) is 4.91. The maximum Gasteiger partial charge on any atom is 0.273 e. The van der Waals surface area contributed by atoms with Crippen molar-refractivity contribution in [3.05, 3.63) is 41.7 Å². The van der Waals surface area contributed by atoms with Crippen molar-refractivity contribution in [3.8, 4) is 5.75 Å². The smallest absolute Gasteiger partial charge is 0.273 e. The van der Waals surface area contributed by atoms with E-state index < -0.39 is 0 Å². The molecule has 2 heterocycles. The average Bonchev–Trinajstić information content (AvgIpc) is 3.24. The standard InChI is InChI=1S/C20H27N5O4/c1-15-3-5-17(6-4-15)29-14-19(26)24-10-7-16(8-11-24)25-13-18(22-23-25)20(27)21-9-12-28-2/h3-6,13,16H,7-12,14H2,1-2H3,(H,21,27). The van der Waals surface area contributed by atoms with Gasteiger partial charge in [-0.2, -0.15) is 0 Å². The summed E-state index contributed by atoms with van der Waals surface area (Å²) in [6, 6.07) is 7.75. The lowest BCUT2D eigenvalue weighted by molar-refractivity contribution is -0.134. The second-order valence-corrected chi connectivity index (χ2v) is 7.05. The molecule has 1 N–H and O–H groups in total. The van der Waals surface area contributed by atoms with Crippen LogP contribution in [-0.4, -0.2) is 71.7 Å². The highest BCUT2D eigenvalue weighted by Crippen LogP contribution is 2.22. The van der Waals surface area contributed by atoms with Crippen LogP contribution < -0.4 is 10.1 Å². The first-order chi connectivity index (χ1) is 14.1. The molecule has 0 saturated carbocycles. The number of aromatic nitrogens is 3. The first-order valence-corrected chi connectivity index (χ1v) is 9.73. The molecule has 1 aliphatic heterocycles. The number of likely N-dealkylation sites (tertiary alicyclic amines) is 1. The lowest BCUT2D eigenvalue weighted by atomic mass is 10.1. The van der Waals surface area contributed by atoms with Crippen molar-refractivity contribution >= 4 is 11.8 Å². The fraction of sp³-hybridized carbons (Fsp3) is 0.500. The molecule has 1 saturated heterocycles. The molecular weight excluding hydrogens is 374 g/mol. The number of benzene rings is 1. The van der Waals surface area contributed by atoms with E-state index in [0.717, 1.165) is 18.4 Å². The van der Waals surface area contributed by atoms with Gasteiger partial charge in [0.2, 0.25) is 0 Å². The second-order valence-electron chi connectivity index (χ2n) is 7.05. The molecule has 1 fully saturated rings. The van der Waals surface area contributed by atoms with Gasteiger partial charge in [-0.25, -0.2) is 4.68 Å². The minimum Gasteiger partial charge on any atom is -0.484 e. The fourth-order valence-corrected chi connectivity index (χ4v) is 3.17. The Balaban J connectivity index is 1.44. The van der Waals surface area contributed by atoms with E-state index in [1.807, 2.05) is 31.2 Å². The van der Waals surface area contributed by atoms with Gasteiger partial charge in [0.25, 0.3) is 11.8 Å². The Morgan fingerprint density at radius 3 is 2.62 bits per heavy atom. The van der Waals surface area contributed by atoms with Gasteiger partial charge in [0.1, 0.15) is 5.75 Å².